The van der Waals surface area contributed by atoms with Crippen molar-refractivity contribution < 1.29 is 27.6 Å². The molecule has 3 aliphatic heterocycles. The van der Waals surface area contributed by atoms with E-state index in [1.54, 1.807) is 12.1 Å². The summed E-state index contributed by atoms with van der Waals surface area (Å²) in [6.45, 7) is 7.25. The Labute approximate surface area is 252 Å². The molecule has 2 amide bonds. The minimum atomic E-state index is -4.52. The van der Waals surface area contributed by atoms with E-state index in [4.69, 9.17) is 0 Å². The van der Waals surface area contributed by atoms with Crippen LogP contribution in [0.25, 0.3) is 0 Å². The highest BCUT2D eigenvalue weighted by molar-refractivity contribution is 8.04. The molecular weight excluding hydrogens is 572 g/mol. The zero-order valence-electron chi connectivity index (χ0n) is 24.7. The first kappa shape index (κ1) is 30.8. The number of nitrogens with one attached hydrogen (secondary N) is 1. The maximum absolute atomic E-state index is 13.8. The van der Waals surface area contributed by atoms with Crippen LogP contribution < -0.4 is 10.2 Å². The predicted octanol–water partition coefficient (Wildman–Crippen LogP) is 1.00. The van der Waals surface area contributed by atoms with E-state index >= 15 is 0 Å². The number of anilines is 1. The quantitative estimate of drug-likeness (QED) is 0.464. The summed E-state index contributed by atoms with van der Waals surface area (Å²) in [6.07, 6.45) is 3.14. The van der Waals surface area contributed by atoms with Crippen LogP contribution in [-0.4, -0.2) is 115 Å². The van der Waals surface area contributed by atoms with E-state index in [1.807, 2.05) is 26.0 Å². The fraction of sp³-hybridized carbons (Fsp3) is 0.500. The van der Waals surface area contributed by atoms with Crippen molar-refractivity contribution in [2.75, 3.05) is 51.2 Å². The van der Waals surface area contributed by atoms with Crippen molar-refractivity contribution in [3.05, 3.63) is 59.9 Å². The number of rotatable bonds is 8. The third-order valence-electron chi connectivity index (χ3n) is 8.41. The number of sulfonamides is 1. The number of carbonyl (C=O) groups excluding carboxylic acids is 4. The van der Waals surface area contributed by atoms with E-state index in [0.29, 0.717) is 12.0 Å². The normalized spacial score (nSPS) is 22.1. The third-order valence-corrected chi connectivity index (χ3v) is 10.1. The van der Waals surface area contributed by atoms with Gasteiger partial charge in [0.25, 0.3) is 21.0 Å². The topological polar surface area (TPSA) is 140 Å². The first-order valence-corrected chi connectivity index (χ1v) is 16.0. The maximum atomic E-state index is 13.8. The number of carbonyl (C=O) groups is 4. The van der Waals surface area contributed by atoms with E-state index in [-0.39, 0.29) is 24.4 Å². The van der Waals surface area contributed by atoms with Crippen LogP contribution in [0.3, 0.4) is 0 Å². The number of nitrogens with zero attached hydrogens (tertiary/aromatic N) is 5. The summed E-state index contributed by atoms with van der Waals surface area (Å²) < 4.78 is 27.4. The molecule has 13 heteroatoms. The van der Waals surface area contributed by atoms with Crippen molar-refractivity contribution in [1.29, 1.82) is 0 Å². The van der Waals surface area contributed by atoms with Crippen molar-refractivity contribution >= 4 is 38.4 Å². The van der Waals surface area contributed by atoms with Crippen LogP contribution in [-0.2, 0) is 19.6 Å². The summed E-state index contributed by atoms with van der Waals surface area (Å²) >= 11 is 0. The molecule has 3 fully saturated rings. The first-order chi connectivity index (χ1) is 20.5. The average Bonchev–Trinajstić information content (AvgIpc) is 3.58. The van der Waals surface area contributed by atoms with Gasteiger partial charge >= 0.3 is 0 Å². The van der Waals surface area contributed by atoms with Gasteiger partial charge in [-0.1, -0.05) is 13.8 Å². The number of Topliss-reactive ketones (excluding diaryl/α,β-unsaturated/α-hetero) is 1. The molecule has 0 spiro atoms. The summed E-state index contributed by atoms with van der Waals surface area (Å²) in [5.74, 6) is -1.23. The molecule has 2 aromatic rings. The number of benzene rings is 1. The molecule has 0 saturated carbocycles. The summed E-state index contributed by atoms with van der Waals surface area (Å²) in [7, 11) is -2.43. The lowest BCUT2D eigenvalue weighted by Gasteiger charge is -2.34. The molecule has 3 atom stereocenters. The Morgan fingerprint density at radius 2 is 1.70 bits per heavy atom. The Hall–Kier alpha value is -3.68. The largest absolute Gasteiger partial charge is 0.369 e. The molecule has 43 heavy (non-hydrogen) atoms. The van der Waals surface area contributed by atoms with Gasteiger partial charge in [-0.15, -0.1) is 0 Å². The van der Waals surface area contributed by atoms with Crippen LogP contribution in [0.15, 0.2) is 48.8 Å². The maximum Gasteiger partial charge on any atom is 0.293 e. The van der Waals surface area contributed by atoms with Crippen LogP contribution in [0.4, 0.5) is 5.69 Å². The Kier molecular flexibility index (Phi) is 8.95. The Balaban J connectivity index is 1.29. The number of piperazine rings is 1. The lowest BCUT2D eigenvalue weighted by molar-refractivity contribution is -0.138. The van der Waals surface area contributed by atoms with Gasteiger partial charge in [-0.2, -0.15) is 4.31 Å². The minimum absolute atomic E-state index is 0.0560. The van der Waals surface area contributed by atoms with Crippen LogP contribution >= 0.6 is 0 Å². The van der Waals surface area contributed by atoms with Gasteiger partial charge in [-0.3, -0.25) is 24.2 Å². The minimum Gasteiger partial charge on any atom is -0.369 e. The number of amides is 2. The molecule has 3 aliphatic rings. The van der Waals surface area contributed by atoms with Crippen molar-refractivity contribution in [1.82, 2.24) is 24.4 Å². The summed E-state index contributed by atoms with van der Waals surface area (Å²) in [5.41, 5.74) is 1.35. The second kappa shape index (κ2) is 12.5. The molecule has 1 aromatic heterocycles. The van der Waals surface area contributed by atoms with Crippen LogP contribution in [0.5, 0.6) is 0 Å². The molecule has 1 aromatic carbocycles. The molecular formula is C30H38N6O6S. The average molecular weight is 611 g/mol. The highest BCUT2D eigenvalue weighted by Gasteiger charge is 2.55. The Bertz CT molecular complexity index is 1470. The predicted molar refractivity (Wildman–Crippen MR) is 160 cm³/mol. The lowest BCUT2D eigenvalue weighted by Crippen LogP contribution is -2.53. The van der Waals surface area contributed by atoms with Gasteiger partial charge in [0, 0.05) is 56.4 Å². The van der Waals surface area contributed by atoms with Crippen molar-refractivity contribution in [3.8, 4) is 0 Å². The number of likely N-dealkylation sites (N-methyl/N-ethyl adjacent to an activating group) is 1. The van der Waals surface area contributed by atoms with Crippen LogP contribution in [0.2, 0.25) is 0 Å². The zero-order valence-corrected chi connectivity index (χ0v) is 25.5. The number of ketones is 1. The summed E-state index contributed by atoms with van der Waals surface area (Å²) in [4.78, 5) is 62.8. The molecule has 1 N–H and O–H groups in total. The summed E-state index contributed by atoms with van der Waals surface area (Å²) in [6, 6.07) is 7.35. The van der Waals surface area contributed by atoms with E-state index in [9.17, 15) is 27.6 Å². The number of fused-ring (bicyclic) bond motifs is 1. The van der Waals surface area contributed by atoms with Gasteiger partial charge < -0.3 is 20.0 Å². The van der Waals surface area contributed by atoms with Crippen molar-refractivity contribution in [2.24, 2.45) is 5.92 Å². The third kappa shape index (κ3) is 6.34. The molecule has 3 unspecified atom stereocenters. The molecule has 5 rings (SSSR count). The van der Waals surface area contributed by atoms with Gasteiger partial charge in [0.05, 0.1) is 18.2 Å². The molecule has 0 bridgehead atoms. The van der Waals surface area contributed by atoms with Crippen molar-refractivity contribution in [2.45, 2.75) is 44.8 Å². The molecule has 0 aliphatic carbocycles. The molecule has 4 heterocycles. The second-order valence-corrected chi connectivity index (χ2v) is 13.7. The van der Waals surface area contributed by atoms with Crippen LogP contribution in [0, 0.1) is 5.92 Å². The van der Waals surface area contributed by atoms with E-state index < -0.39 is 57.4 Å². The SMILES string of the molecule is CC(C)CC(NC(=O)c1ccc(N2CCN(C)CC2)cc1)C(=O)N1CCC2C1C(=O)CN2S(=O)(=O)C(=O)c1cccnc1. The number of hydrogen-bond donors (Lipinski definition) is 1. The smallest absolute Gasteiger partial charge is 0.293 e. The zero-order chi connectivity index (χ0) is 30.9. The highest BCUT2D eigenvalue weighted by atomic mass is 32.2. The van der Waals surface area contributed by atoms with E-state index in [1.165, 1.54) is 29.4 Å². The first-order valence-electron chi connectivity index (χ1n) is 14.6. The Morgan fingerprint density at radius 1 is 1.00 bits per heavy atom. The molecule has 230 valence electrons. The molecule has 0 radical (unpaired) electrons. The number of likely N-dealkylation sites (tertiary alicyclic amines) is 1. The fourth-order valence-corrected chi connectivity index (χ4v) is 7.61. The molecule has 12 nitrogen and oxygen atoms in total. The molecule has 3 saturated heterocycles. The lowest BCUT2D eigenvalue weighted by atomic mass is 10.0. The van der Waals surface area contributed by atoms with Gasteiger partial charge in [0.2, 0.25) is 5.91 Å². The second-order valence-electron chi connectivity index (χ2n) is 11.9. The number of pyridine rings is 1. The van der Waals surface area contributed by atoms with Gasteiger partial charge in [0.15, 0.2) is 5.78 Å². The monoisotopic (exact) mass is 610 g/mol. The highest BCUT2D eigenvalue weighted by Crippen LogP contribution is 2.33. The number of hydrogen-bond acceptors (Lipinski definition) is 9. The van der Waals surface area contributed by atoms with E-state index in [0.717, 1.165) is 36.2 Å². The van der Waals surface area contributed by atoms with E-state index in [2.05, 4.69) is 27.1 Å². The van der Waals surface area contributed by atoms with Crippen LogP contribution in [0.1, 0.15) is 47.4 Å². The Morgan fingerprint density at radius 3 is 2.33 bits per heavy atom. The van der Waals surface area contributed by atoms with Gasteiger partial charge in [-0.05, 0) is 62.2 Å². The standard InChI is InChI=1S/C30H38N6O6S/c1-20(2)17-24(32-28(38)21-6-8-23(9-7-21)34-15-13-33(3)14-16-34)29(39)35-12-10-25-27(35)26(37)19-36(25)43(41,42)30(40)22-5-4-11-31-18-22/h4-9,11,18,20,24-25,27H,10,12-17,19H2,1-3H3,(H,32,38). The fourth-order valence-electron chi connectivity index (χ4n) is 6.10. The van der Waals surface area contributed by atoms with Crippen molar-refractivity contribution in [3.63, 3.8) is 0 Å². The van der Waals surface area contributed by atoms with Gasteiger partial charge in [0.1, 0.15) is 12.1 Å². The van der Waals surface area contributed by atoms with Gasteiger partial charge in [-0.25, -0.2) is 8.42 Å². The number of aromatic nitrogens is 1. The summed E-state index contributed by atoms with van der Waals surface area (Å²) in [5, 5.41) is 1.73.